The van der Waals surface area contributed by atoms with Crippen molar-refractivity contribution in [3.05, 3.63) is 0 Å². The fourth-order valence-electron chi connectivity index (χ4n) is 1.04. The van der Waals surface area contributed by atoms with E-state index < -0.39 is 33.6 Å². The number of halogens is 6. The molecule has 0 radical (unpaired) electrons. The third-order valence-electron chi connectivity index (χ3n) is 1.85. The van der Waals surface area contributed by atoms with E-state index in [1.54, 1.807) is 0 Å². The topological polar surface area (TPSA) is 54.4 Å². The van der Waals surface area contributed by atoms with E-state index in [9.17, 15) is 34.8 Å². The van der Waals surface area contributed by atoms with Crippen LogP contribution in [0, 0.1) is 0 Å². The molecule has 0 aromatic carbocycles. The summed E-state index contributed by atoms with van der Waals surface area (Å²) in [7, 11) is -6.34. The summed E-state index contributed by atoms with van der Waals surface area (Å²) in [5.41, 5.74) is 0. The maximum atomic E-state index is 12.1. The molecule has 0 aromatic heterocycles. The van der Waals surface area contributed by atoms with Gasteiger partial charge in [0.25, 0.3) is 14.9 Å². The van der Waals surface area contributed by atoms with E-state index >= 15 is 0 Å². The van der Waals surface area contributed by atoms with Gasteiger partial charge < -0.3 is 0 Å². The van der Waals surface area contributed by atoms with Crippen LogP contribution in [0.1, 0.15) is 13.3 Å². The smallest absolute Gasteiger partial charge is 0.285 e. The van der Waals surface area contributed by atoms with Crippen molar-refractivity contribution in [1.82, 2.24) is 0 Å². The molecular formula is C5H6F6O3S. The van der Waals surface area contributed by atoms with E-state index in [0.29, 0.717) is 6.92 Å². The minimum Gasteiger partial charge on any atom is -0.285 e. The van der Waals surface area contributed by atoms with Gasteiger partial charge in [-0.2, -0.15) is 34.8 Å². The van der Waals surface area contributed by atoms with Gasteiger partial charge in [0.1, 0.15) is 0 Å². The quantitative estimate of drug-likeness (QED) is 0.611. The average molecular weight is 260 g/mol. The molecule has 0 aliphatic rings. The van der Waals surface area contributed by atoms with Gasteiger partial charge in [-0.1, -0.05) is 6.92 Å². The van der Waals surface area contributed by atoms with Crippen molar-refractivity contribution in [3.63, 3.8) is 0 Å². The molecule has 0 aliphatic carbocycles. The molecule has 1 N–H and O–H groups in total. The fourth-order valence-corrected chi connectivity index (χ4v) is 1.99. The first-order valence-electron chi connectivity index (χ1n) is 3.41. The van der Waals surface area contributed by atoms with Crippen LogP contribution in [0.5, 0.6) is 0 Å². The molecule has 0 atom stereocenters. The largest absolute Gasteiger partial charge is 0.419 e. The highest BCUT2D eigenvalue weighted by Gasteiger charge is 2.77. The van der Waals surface area contributed by atoms with E-state index in [1.807, 2.05) is 0 Å². The van der Waals surface area contributed by atoms with Crippen molar-refractivity contribution >= 4 is 10.1 Å². The highest BCUT2D eigenvalue weighted by molar-refractivity contribution is 7.87. The first kappa shape index (κ1) is 14.5. The van der Waals surface area contributed by atoms with Gasteiger partial charge in [0.15, 0.2) is 0 Å². The molecule has 3 nitrogen and oxygen atoms in total. The maximum Gasteiger partial charge on any atom is 0.419 e. The third kappa shape index (κ3) is 2.05. The summed E-state index contributed by atoms with van der Waals surface area (Å²) in [6.45, 7) is 0.370. The van der Waals surface area contributed by atoms with Crippen LogP contribution in [0.4, 0.5) is 26.3 Å². The molecule has 0 saturated heterocycles. The third-order valence-corrected chi connectivity index (χ3v) is 3.49. The van der Waals surface area contributed by atoms with Crippen LogP contribution in [-0.4, -0.2) is 30.1 Å². The number of hydrogen-bond acceptors (Lipinski definition) is 2. The second kappa shape index (κ2) is 3.51. The van der Waals surface area contributed by atoms with E-state index in [4.69, 9.17) is 4.55 Å². The SMILES string of the molecule is CCC(C(F)(F)F)(C(F)(F)F)S(=O)(=O)O. The Morgan fingerprint density at radius 3 is 1.27 bits per heavy atom. The summed E-state index contributed by atoms with van der Waals surface area (Å²) in [5.74, 6) is 0. The van der Waals surface area contributed by atoms with Crippen molar-refractivity contribution < 1.29 is 39.3 Å². The Morgan fingerprint density at radius 2 is 1.27 bits per heavy atom. The normalized spacial score (nSPS) is 15.5. The van der Waals surface area contributed by atoms with Gasteiger partial charge in [0.2, 0.25) is 0 Å². The van der Waals surface area contributed by atoms with E-state index in [1.165, 1.54) is 0 Å². The number of alkyl halides is 6. The van der Waals surface area contributed by atoms with Crippen LogP contribution in [0.25, 0.3) is 0 Å². The minimum absolute atomic E-state index is 0.370. The Balaban J connectivity index is 6.02. The Labute approximate surface area is 80.8 Å². The van der Waals surface area contributed by atoms with Gasteiger partial charge in [-0.25, -0.2) is 0 Å². The second-order valence-corrected chi connectivity index (χ2v) is 4.30. The summed E-state index contributed by atoms with van der Waals surface area (Å²) >= 11 is 0. The highest BCUT2D eigenvalue weighted by Crippen LogP contribution is 2.50. The Kier molecular flexibility index (Phi) is 3.39. The monoisotopic (exact) mass is 260 g/mol. The lowest BCUT2D eigenvalue weighted by atomic mass is 10.0. The maximum absolute atomic E-state index is 12.1. The number of hydrogen-bond donors (Lipinski definition) is 1. The van der Waals surface area contributed by atoms with Gasteiger partial charge >= 0.3 is 12.4 Å². The highest BCUT2D eigenvalue weighted by atomic mass is 32.2. The van der Waals surface area contributed by atoms with Gasteiger partial charge in [0, 0.05) is 0 Å². The molecule has 0 spiro atoms. The van der Waals surface area contributed by atoms with Gasteiger partial charge in [0.05, 0.1) is 0 Å². The Bertz CT molecular complexity index is 312. The zero-order valence-corrected chi connectivity index (χ0v) is 7.96. The average Bonchev–Trinajstić information content (AvgIpc) is 1.76. The second-order valence-electron chi connectivity index (χ2n) is 2.65. The first-order chi connectivity index (χ1) is 6.31. The molecule has 0 bridgehead atoms. The van der Waals surface area contributed by atoms with Gasteiger partial charge in [-0.3, -0.25) is 4.55 Å². The summed E-state index contributed by atoms with van der Waals surface area (Å²) in [5, 5.41) is 0. The summed E-state index contributed by atoms with van der Waals surface area (Å²) in [6, 6.07) is 0. The lowest BCUT2D eigenvalue weighted by Gasteiger charge is -2.33. The number of rotatable bonds is 2. The molecule has 0 aromatic rings. The van der Waals surface area contributed by atoms with Gasteiger partial charge in [-0.05, 0) is 6.42 Å². The van der Waals surface area contributed by atoms with Crippen molar-refractivity contribution in [3.8, 4) is 0 Å². The van der Waals surface area contributed by atoms with Crippen LogP contribution < -0.4 is 0 Å². The Morgan fingerprint density at radius 1 is 1.00 bits per heavy atom. The Hall–Kier alpha value is -0.510. The minimum atomic E-state index is -6.34. The molecule has 10 heteroatoms. The van der Waals surface area contributed by atoms with E-state index in [-0.39, 0.29) is 0 Å². The van der Waals surface area contributed by atoms with Crippen LogP contribution in [0.3, 0.4) is 0 Å². The van der Waals surface area contributed by atoms with Crippen LogP contribution in [0.2, 0.25) is 0 Å². The molecule has 92 valence electrons. The summed E-state index contributed by atoms with van der Waals surface area (Å²) < 4.78 is 96.3. The van der Waals surface area contributed by atoms with Crippen molar-refractivity contribution in [2.75, 3.05) is 0 Å². The summed E-state index contributed by atoms with van der Waals surface area (Å²) in [4.78, 5) is 0. The predicted octanol–water partition coefficient (Wildman–Crippen LogP) is 2.15. The first-order valence-corrected chi connectivity index (χ1v) is 4.85. The fraction of sp³-hybridized carbons (Fsp3) is 1.00. The lowest BCUT2D eigenvalue weighted by Crippen LogP contribution is -2.61. The van der Waals surface area contributed by atoms with Gasteiger partial charge in [-0.15, -0.1) is 0 Å². The molecule has 0 amide bonds. The molecule has 0 unspecified atom stereocenters. The lowest BCUT2D eigenvalue weighted by molar-refractivity contribution is -0.269. The van der Waals surface area contributed by atoms with Crippen molar-refractivity contribution in [2.24, 2.45) is 0 Å². The predicted molar refractivity (Wildman–Crippen MR) is 36.7 cm³/mol. The molecule has 0 aliphatic heterocycles. The molecule has 0 rings (SSSR count). The standard InChI is InChI=1S/C5H6F6O3S/c1-2-3(4(6,7)8,5(9,10)11)15(12,13)14/h2H2,1H3,(H,12,13,14). The van der Waals surface area contributed by atoms with Crippen LogP contribution in [-0.2, 0) is 10.1 Å². The van der Waals surface area contributed by atoms with Crippen molar-refractivity contribution in [1.29, 1.82) is 0 Å². The molecule has 0 fully saturated rings. The zero-order valence-electron chi connectivity index (χ0n) is 7.15. The van der Waals surface area contributed by atoms with Crippen molar-refractivity contribution in [2.45, 2.75) is 30.4 Å². The van der Waals surface area contributed by atoms with E-state index in [2.05, 4.69) is 0 Å². The zero-order chi connectivity index (χ0) is 12.7. The van der Waals surface area contributed by atoms with Crippen LogP contribution >= 0.6 is 0 Å². The van der Waals surface area contributed by atoms with Crippen LogP contribution in [0.15, 0.2) is 0 Å². The molecule has 0 saturated carbocycles. The summed E-state index contributed by atoms with van der Waals surface area (Å²) in [6.07, 6.45) is -14.1. The molecule has 0 heterocycles. The molecular weight excluding hydrogens is 254 g/mol. The van der Waals surface area contributed by atoms with E-state index in [0.717, 1.165) is 0 Å². The molecule has 15 heavy (non-hydrogen) atoms.